The lowest BCUT2D eigenvalue weighted by molar-refractivity contribution is -0.130. The number of carbonyl (C=O) groups excluding carboxylic acids is 1. The molecule has 24 heavy (non-hydrogen) atoms. The number of aliphatic hydroxyl groups is 1. The van der Waals surface area contributed by atoms with Crippen LogP contribution in [0.2, 0.25) is 0 Å². The average molecular weight is 395 g/mol. The third-order valence-electron chi connectivity index (χ3n) is 5.71. The topological polar surface area (TPSA) is 43.8 Å². The predicted octanol–water partition coefficient (Wildman–Crippen LogP) is 2.75. The minimum atomic E-state index is 0.190. The zero-order valence-corrected chi connectivity index (χ0v) is 15.9. The van der Waals surface area contributed by atoms with Gasteiger partial charge in [-0.2, -0.15) is 0 Å². The molecule has 0 spiro atoms. The highest BCUT2D eigenvalue weighted by Gasteiger charge is 2.38. The molecule has 2 saturated heterocycles. The molecule has 0 radical (unpaired) electrons. The number of hydrogen-bond acceptors (Lipinski definition) is 3. The van der Waals surface area contributed by atoms with E-state index in [4.69, 9.17) is 0 Å². The molecule has 0 unspecified atom stereocenters. The van der Waals surface area contributed by atoms with Crippen LogP contribution < -0.4 is 0 Å². The van der Waals surface area contributed by atoms with E-state index >= 15 is 0 Å². The molecule has 2 aliphatic rings. The number of piperidine rings is 1. The highest BCUT2D eigenvalue weighted by molar-refractivity contribution is 9.10. The van der Waals surface area contributed by atoms with E-state index in [-0.39, 0.29) is 12.5 Å². The lowest BCUT2D eigenvalue weighted by atomic mass is 9.79. The zero-order valence-electron chi connectivity index (χ0n) is 14.3. The smallest absolute Gasteiger partial charge is 0.219 e. The van der Waals surface area contributed by atoms with Crippen molar-refractivity contribution in [2.75, 3.05) is 32.8 Å². The molecule has 1 aromatic rings. The molecule has 0 aliphatic carbocycles. The van der Waals surface area contributed by atoms with E-state index in [9.17, 15) is 9.90 Å². The Balaban J connectivity index is 1.58. The van der Waals surface area contributed by atoms with E-state index < -0.39 is 0 Å². The first-order valence-corrected chi connectivity index (χ1v) is 9.69. The Morgan fingerprint density at radius 1 is 1.21 bits per heavy atom. The Kier molecular flexibility index (Phi) is 5.95. The molecule has 0 saturated carbocycles. The molecule has 5 heteroatoms. The SMILES string of the molecule is CC(=O)N1CCC([C@@H]2CN(Cc3ccc(Br)cc3)C[C@H]2CO)CC1. The summed E-state index contributed by atoms with van der Waals surface area (Å²) in [5, 5.41) is 9.83. The van der Waals surface area contributed by atoms with Gasteiger partial charge in [0.2, 0.25) is 5.91 Å². The Bertz CT molecular complexity index is 555. The highest BCUT2D eigenvalue weighted by atomic mass is 79.9. The van der Waals surface area contributed by atoms with Crippen LogP contribution in [0.25, 0.3) is 0 Å². The quantitative estimate of drug-likeness (QED) is 0.853. The number of aliphatic hydroxyl groups excluding tert-OH is 1. The summed E-state index contributed by atoms with van der Waals surface area (Å²) in [4.78, 5) is 15.9. The van der Waals surface area contributed by atoms with Crippen LogP contribution in [0.4, 0.5) is 0 Å². The fraction of sp³-hybridized carbons (Fsp3) is 0.632. The fourth-order valence-electron chi connectivity index (χ4n) is 4.34. The van der Waals surface area contributed by atoms with Crippen molar-refractivity contribution in [2.24, 2.45) is 17.8 Å². The van der Waals surface area contributed by atoms with Crippen molar-refractivity contribution in [3.63, 3.8) is 0 Å². The van der Waals surface area contributed by atoms with Crippen LogP contribution in [0.1, 0.15) is 25.3 Å². The summed E-state index contributed by atoms with van der Waals surface area (Å²) in [6, 6.07) is 8.50. The average Bonchev–Trinajstić information content (AvgIpc) is 3.00. The number of rotatable bonds is 4. The first-order chi connectivity index (χ1) is 11.6. The monoisotopic (exact) mass is 394 g/mol. The minimum Gasteiger partial charge on any atom is -0.396 e. The molecular formula is C19H27BrN2O2. The van der Waals surface area contributed by atoms with E-state index in [0.29, 0.717) is 17.8 Å². The van der Waals surface area contributed by atoms with Gasteiger partial charge in [-0.25, -0.2) is 0 Å². The molecule has 132 valence electrons. The number of likely N-dealkylation sites (tertiary alicyclic amines) is 2. The highest BCUT2D eigenvalue weighted by Crippen LogP contribution is 2.36. The number of hydrogen-bond donors (Lipinski definition) is 1. The van der Waals surface area contributed by atoms with Gasteiger partial charge in [0.25, 0.3) is 0 Å². The molecule has 2 atom stereocenters. The summed E-state index contributed by atoms with van der Waals surface area (Å²) in [7, 11) is 0. The summed E-state index contributed by atoms with van der Waals surface area (Å²) in [6.07, 6.45) is 2.15. The van der Waals surface area contributed by atoms with E-state index in [2.05, 4.69) is 45.1 Å². The van der Waals surface area contributed by atoms with Gasteiger partial charge < -0.3 is 10.0 Å². The summed E-state index contributed by atoms with van der Waals surface area (Å²) < 4.78 is 1.11. The van der Waals surface area contributed by atoms with Gasteiger partial charge >= 0.3 is 0 Å². The molecule has 1 aromatic carbocycles. The van der Waals surface area contributed by atoms with Gasteiger partial charge in [-0.05, 0) is 48.3 Å². The van der Waals surface area contributed by atoms with Gasteiger partial charge in [0.1, 0.15) is 0 Å². The van der Waals surface area contributed by atoms with Crippen LogP contribution in [0, 0.1) is 17.8 Å². The van der Waals surface area contributed by atoms with Gasteiger partial charge in [-0.1, -0.05) is 28.1 Å². The predicted molar refractivity (Wildman–Crippen MR) is 98.5 cm³/mol. The minimum absolute atomic E-state index is 0.190. The molecule has 2 heterocycles. The van der Waals surface area contributed by atoms with Crippen molar-refractivity contribution in [2.45, 2.75) is 26.3 Å². The van der Waals surface area contributed by atoms with Crippen molar-refractivity contribution < 1.29 is 9.90 Å². The van der Waals surface area contributed by atoms with Crippen molar-refractivity contribution in [3.05, 3.63) is 34.3 Å². The Labute approximate surface area is 153 Å². The van der Waals surface area contributed by atoms with Crippen molar-refractivity contribution in [3.8, 4) is 0 Å². The molecule has 1 amide bonds. The van der Waals surface area contributed by atoms with Crippen LogP contribution in [-0.2, 0) is 11.3 Å². The van der Waals surface area contributed by atoms with Gasteiger partial charge in [-0.3, -0.25) is 9.69 Å². The zero-order chi connectivity index (χ0) is 17.1. The molecule has 2 fully saturated rings. The van der Waals surface area contributed by atoms with Crippen LogP contribution in [0.15, 0.2) is 28.7 Å². The van der Waals surface area contributed by atoms with Crippen LogP contribution >= 0.6 is 15.9 Å². The first-order valence-electron chi connectivity index (χ1n) is 8.90. The normalized spacial score (nSPS) is 26.0. The van der Waals surface area contributed by atoms with Crippen LogP contribution in [0.3, 0.4) is 0 Å². The van der Waals surface area contributed by atoms with Crippen molar-refractivity contribution >= 4 is 21.8 Å². The van der Waals surface area contributed by atoms with E-state index in [0.717, 1.165) is 50.0 Å². The summed E-state index contributed by atoms with van der Waals surface area (Å²) in [5.74, 6) is 1.75. The number of nitrogens with zero attached hydrogens (tertiary/aromatic N) is 2. The second kappa shape index (κ2) is 7.98. The number of carbonyl (C=O) groups is 1. The lowest BCUT2D eigenvalue weighted by Crippen LogP contribution is -2.40. The fourth-order valence-corrected chi connectivity index (χ4v) is 4.60. The van der Waals surface area contributed by atoms with Crippen LogP contribution in [0.5, 0.6) is 0 Å². The molecule has 2 aliphatic heterocycles. The molecular weight excluding hydrogens is 368 g/mol. The first kappa shape index (κ1) is 17.9. The van der Waals surface area contributed by atoms with Crippen LogP contribution in [-0.4, -0.2) is 53.6 Å². The molecule has 0 aromatic heterocycles. The second-order valence-electron chi connectivity index (χ2n) is 7.27. The van der Waals surface area contributed by atoms with Gasteiger partial charge in [-0.15, -0.1) is 0 Å². The third kappa shape index (κ3) is 4.19. The van der Waals surface area contributed by atoms with E-state index in [1.54, 1.807) is 6.92 Å². The number of amides is 1. The molecule has 4 nitrogen and oxygen atoms in total. The maximum Gasteiger partial charge on any atom is 0.219 e. The Hall–Kier alpha value is -0.910. The summed E-state index contributed by atoms with van der Waals surface area (Å²) >= 11 is 3.48. The summed E-state index contributed by atoms with van der Waals surface area (Å²) in [5.41, 5.74) is 1.32. The maximum atomic E-state index is 11.5. The van der Waals surface area contributed by atoms with E-state index in [1.807, 2.05) is 4.90 Å². The molecule has 3 rings (SSSR count). The Morgan fingerprint density at radius 3 is 2.46 bits per heavy atom. The van der Waals surface area contributed by atoms with Gasteiger partial charge in [0, 0.05) is 50.7 Å². The third-order valence-corrected chi connectivity index (χ3v) is 6.24. The maximum absolute atomic E-state index is 11.5. The van der Waals surface area contributed by atoms with Crippen molar-refractivity contribution in [1.29, 1.82) is 0 Å². The lowest BCUT2D eigenvalue weighted by Gasteiger charge is -2.36. The number of halogens is 1. The Morgan fingerprint density at radius 2 is 1.88 bits per heavy atom. The van der Waals surface area contributed by atoms with Gasteiger partial charge in [0.05, 0.1) is 0 Å². The number of benzene rings is 1. The van der Waals surface area contributed by atoms with Gasteiger partial charge in [0.15, 0.2) is 0 Å². The van der Waals surface area contributed by atoms with E-state index in [1.165, 1.54) is 5.56 Å². The second-order valence-corrected chi connectivity index (χ2v) is 8.19. The summed E-state index contributed by atoms with van der Waals surface area (Å²) in [6.45, 7) is 6.67. The standard InChI is InChI=1S/C19H27BrN2O2/c1-14(24)22-8-6-16(7-9-22)19-12-21(11-17(19)13-23)10-15-2-4-18(20)5-3-15/h2-5,16-17,19,23H,6-13H2,1H3/t17-,19-/m0/s1. The molecule has 1 N–H and O–H groups in total. The van der Waals surface area contributed by atoms with Crippen molar-refractivity contribution in [1.82, 2.24) is 9.80 Å². The molecule has 0 bridgehead atoms. The largest absolute Gasteiger partial charge is 0.396 e.